The summed E-state index contributed by atoms with van der Waals surface area (Å²) >= 11 is 0. The molecular weight excluding hydrogens is 270 g/mol. The van der Waals surface area contributed by atoms with Crippen molar-refractivity contribution in [2.75, 3.05) is 0 Å². The van der Waals surface area contributed by atoms with Gasteiger partial charge in [-0.2, -0.15) is 0 Å². The van der Waals surface area contributed by atoms with Crippen molar-refractivity contribution < 1.29 is 15.1 Å². The Labute approximate surface area is 123 Å². The molecule has 0 unspecified atom stereocenters. The third-order valence-corrected chi connectivity index (χ3v) is 4.14. The Bertz CT molecular complexity index is 563. The first kappa shape index (κ1) is 15.2. The first-order valence-corrected chi connectivity index (χ1v) is 7.09. The van der Waals surface area contributed by atoms with Crippen LogP contribution in [0.1, 0.15) is 48.0 Å². The Morgan fingerprint density at radius 3 is 2.62 bits per heavy atom. The Balaban J connectivity index is 2.28. The highest BCUT2D eigenvalue weighted by atomic mass is 16.4. The van der Waals surface area contributed by atoms with E-state index in [0.29, 0.717) is 18.4 Å². The van der Waals surface area contributed by atoms with Gasteiger partial charge in [-0.05, 0) is 31.4 Å². The number of rotatable bonds is 3. The Kier molecular flexibility index (Phi) is 4.35. The molecule has 1 saturated carbocycles. The minimum absolute atomic E-state index is 0.0164. The molecule has 1 amide bonds. The molecule has 1 fully saturated rings. The summed E-state index contributed by atoms with van der Waals surface area (Å²) in [7, 11) is 0. The first-order chi connectivity index (χ1) is 10.00. The minimum atomic E-state index is -0.833. The number of nitrogens with zero attached hydrogens (tertiary/aromatic N) is 1. The standard InChI is InChI=1S/C15H21N3O3/c1-10-6-5-7-11(12(10)19)13(20)17-15(14(16)18-21)8-3-2-4-9-15/h5-7,19,21H,2-4,8-9H2,1H3,(H2,16,18)(H,17,20). The average Bonchev–Trinajstić information content (AvgIpc) is 2.50. The third-order valence-electron chi connectivity index (χ3n) is 4.14. The summed E-state index contributed by atoms with van der Waals surface area (Å²) in [6, 6.07) is 4.99. The SMILES string of the molecule is Cc1cccc(C(=O)NC2(/C(N)=N/O)CCCCC2)c1O. The fourth-order valence-electron chi connectivity index (χ4n) is 2.82. The molecule has 6 nitrogen and oxygen atoms in total. The number of aromatic hydroxyl groups is 1. The second-order valence-corrected chi connectivity index (χ2v) is 5.55. The molecule has 0 aromatic heterocycles. The summed E-state index contributed by atoms with van der Waals surface area (Å²) < 4.78 is 0. The van der Waals surface area contributed by atoms with Crippen LogP contribution in [-0.2, 0) is 0 Å². The molecule has 1 aliphatic carbocycles. The van der Waals surface area contributed by atoms with E-state index < -0.39 is 11.4 Å². The molecule has 114 valence electrons. The van der Waals surface area contributed by atoms with Crippen LogP contribution < -0.4 is 11.1 Å². The van der Waals surface area contributed by atoms with Crippen molar-refractivity contribution in [1.29, 1.82) is 0 Å². The molecule has 5 N–H and O–H groups in total. The molecule has 6 heteroatoms. The first-order valence-electron chi connectivity index (χ1n) is 7.09. The van der Waals surface area contributed by atoms with Crippen molar-refractivity contribution in [3.05, 3.63) is 29.3 Å². The smallest absolute Gasteiger partial charge is 0.255 e. The average molecular weight is 291 g/mol. The van der Waals surface area contributed by atoms with Gasteiger partial charge < -0.3 is 21.4 Å². The van der Waals surface area contributed by atoms with Gasteiger partial charge in [0.15, 0.2) is 5.84 Å². The molecule has 21 heavy (non-hydrogen) atoms. The molecule has 0 aliphatic heterocycles. The number of carbonyl (C=O) groups is 1. The summed E-state index contributed by atoms with van der Waals surface area (Å²) in [5, 5.41) is 24.9. The quantitative estimate of drug-likeness (QED) is 0.295. The van der Waals surface area contributed by atoms with Gasteiger partial charge >= 0.3 is 0 Å². The largest absolute Gasteiger partial charge is 0.507 e. The lowest BCUT2D eigenvalue weighted by Gasteiger charge is -2.36. The number of oxime groups is 1. The van der Waals surface area contributed by atoms with Gasteiger partial charge in [0.1, 0.15) is 11.3 Å². The minimum Gasteiger partial charge on any atom is -0.507 e. The van der Waals surface area contributed by atoms with Crippen LogP contribution in [0.15, 0.2) is 23.4 Å². The highest BCUT2D eigenvalue weighted by molar-refractivity contribution is 6.02. The number of phenols is 1. The maximum Gasteiger partial charge on any atom is 0.255 e. The van der Waals surface area contributed by atoms with Crippen LogP contribution in [0.2, 0.25) is 0 Å². The number of nitrogens with one attached hydrogen (secondary N) is 1. The van der Waals surface area contributed by atoms with Crippen molar-refractivity contribution in [3.8, 4) is 5.75 Å². The predicted molar refractivity (Wildman–Crippen MR) is 79.5 cm³/mol. The van der Waals surface area contributed by atoms with E-state index in [0.717, 1.165) is 19.3 Å². The summed E-state index contributed by atoms with van der Waals surface area (Å²) in [6.45, 7) is 1.73. The van der Waals surface area contributed by atoms with Gasteiger partial charge in [0.2, 0.25) is 0 Å². The van der Waals surface area contributed by atoms with Gasteiger partial charge in [0, 0.05) is 0 Å². The zero-order valence-corrected chi connectivity index (χ0v) is 12.1. The second kappa shape index (κ2) is 6.03. The molecule has 0 heterocycles. The molecule has 1 aliphatic rings. The van der Waals surface area contributed by atoms with Crippen molar-refractivity contribution in [2.24, 2.45) is 10.9 Å². The number of hydrogen-bond donors (Lipinski definition) is 4. The Morgan fingerprint density at radius 2 is 2.00 bits per heavy atom. The fraction of sp³-hybridized carbons (Fsp3) is 0.467. The summed E-state index contributed by atoms with van der Waals surface area (Å²) in [4.78, 5) is 12.4. The van der Waals surface area contributed by atoms with Crippen LogP contribution in [0.4, 0.5) is 0 Å². The van der Waals surface area contributed by atoms with E-state index in [1.807, 2.05) is 0 Å². The highest BCUT2D eigenvalue weighted by Crippen LogP contribution is 2.30. The maximum absolute atomic E-state index is 12.4. The van der Waals surface area contributed by atoms with Crippen LogP contribution in [0.5, 0.6) is 5.75 Å². The van der Waals surface area contributed by atoms with Crippen molar-refractivity contribution >= 4 is 11.7 Å². The van der Waals surface area contributed by atoms with Crippen LogP contribution >= 0.6 is 0 Å². The van der Waals surface area contributed by atoms with Gasteiger partial charge in [0.05, 0.1) is 5.56 Å². The van der Waals surface area contributed by atoms with E-state index in [9.17, 15) is 9.90 Å². The third kappa shape index (κ3) is 2.94. The van der Waals surface area contributed by atoms with Crippen LogP contribution in [0, 0.1) is 6.92 Å². The number of hydrogen-bond acceptors (Lipinski definition) is 4. The molecular formula is C15H21N3O3. The maximum atomic E-state index is 12.4. The monoisotopic (exact) mass is 291 g/mol. The van der Waals surface area contributed by atoms with Crippen molar-refractivity contribution in [3.63, 3.8) is 0 Å². The van der Waals surface area contributed by atoms with Crippen molar-refractivity contribution in [2.45, 2.75) is 44.6 Å². The number of amidine groups is 1. The molecule has 2 rings (SSSR count). The van der Waals surface area contributed by atoms with Crippen molar-refractivity contribution in [1.82, 2.24) is 5.32 Å². The van der Waals surface area contributed by atoms with E-state index in [1.54, 1.807) is 25.1 Å². The van der Waals surface area contributed by atoms with E-state index in [-0.39, 0.29) is 17.1 Å². The number of phenolic OH excluding ortho intramolecular Hbond substituents is 1. The van der Waals surface area contributed by atoms with E-state index >= 15 is 0 Å². The molecule has 0 saturated heterocycles. The normalized spacial score (nSPS) is 18.2. The van der Waals surface area contributed by atoms with Gasteiger partial charge in [0.25, 0.3) is 5.91 Å². The lowest BCUT2D eigenvalue weighted by molar-refractivity contribution is 0.0903. The number of benzene rings is 1. The Morgan fingerprint density at radius 1 is 1.33 bits per heavy atom. The number of aryl methyl sites for hydroxylation is 1. The van der Waals surface area contributed by atoms with E-state index in [1.165, 1.54) is 0 Å². The fourth-order valence-corrected chi connectivity index (χ4v) is 2.82. The zero-order chi connectivity index (χ0) is 15.5. The predicted octanol–water partition coefficient (Wildman–Crippen LogP) is 1.88. The van der Waals surface area contributed by atoms with Gasteiger partial charge in [-0.1, -0.05) is 36.6 Å². The Hall–Kier alpha value is -2.24. The molecule has 0 bridgehead atoms. The highest BCUT2D eigenvalue weighted by Gasteiger charge is 2.38. The summed E-state index contributed by atoms with van der Waals surface area (Å²) in [5.41, 5.74) is 5.80. The van der Waals surface area contributed by atoms with E-state index in [4.69, 9.17) is 10.9 Å². The molecule has 0 atom stereocenters. The van der Waals surface area contributed by atoms with Gasteiger partial charge in [-0.15, -0.1) is 0 Å². The number of amides is 1. The summed E-state index contributed by atoms with van der Waals surface area (Å²) in [6.07, 6.45) is 4.11. The van der Waals surface area contributed by atoms with Crippen LogP contribution in [0.25, 0.3) is 0 Å². The second-order valence-electron chi connectivity index (χ2n) is 5.55. The molecule has 1 aromatic rings. The van der Waals surface area contributed by atoms with Crippen LogP contribution in [0.3, 0.4) is 0 Å². The number of para-hydroxylation sites is 1. The van der Waals surface area contributed by atoms with Crippen LogP contribution in [-0.4, -0.2) is 27.6 Å². The molecule has 0 spiro atoms. The lowest BCUT2D eigenvalue weighted by Crippen LogP contribution is -2.58. The summed E-state index contributed by atoms with van der Waals surface area (Å²) in [5.74, 6) is -0.437. The van der Waals surface area contributed by atoms with E-state index in [2.05, 4.69) is 10.5 Å². The molecule has 1 aromatic carbocycles. The number of nitrogens with two attached hydrogens (primary N) is 1. The van der Waals surface area contributed by atoms with Gasteiger partial charge in [-0.3, -0.25) is 4.79 Å². The van der Waals surface area contributed by atoms with Gasteiger partial charge in [-0.25, -0.2) is 0 Å². The topological polar surface area (TPSA) is 108 Å². The number of carbonyl (C=O) groups excluding carboxylic acids is 1. The lowest BCUT2D eigenvalue weighted by atomic mass is 9.80. The zero-order valence-electron chi connectivity index (χ0n) is 12.1. The molecule has 0 radical (unpaired) electrons.